The van der Waals surface area contributed by atoms with Crippen LogP contribution in [0.1, 0.15) is 66.2 Å². The summed E-state index contributed by atoms with van der Waals surface area (Å²) in [5, 5.41) is 6.08. The molecule has 1 aromatic carbocycles. The second-order valence-corrected chi connectivity index (χ2v) is 7.81. The number of nitrogens with two attached hydrogens (primary N) is 1. The number of rotatable bonds is 10. The molecule has 0 aliphatic rings. The van der Waals surface area contributed by atoms with Crippen LogP contribution in [0.3, 0.4) is 0 Å². The minimum atomic E-state index is -0.548. The molecular formula is C21H27N3O3S. The fourth-order valence-corrected chi connectivity index (χ4v) is 4.01. The van der Waals surface area contributed by atoms with E-state index in [2.05, 4.69) is 17.6 Å². The van der Waals surface area contributed by atoms with E-state index < -0.39 is 5.91 Å². The number of unbranched alkanes of at least 4 members (excludes halogenated alkanes) is 2. The number of primary amides is 1. The predicted octanol–water partition coefficient (Wildman–Crippen LogP) is 3.63. The van der Waals surface area contributed by atoms with E-state index in [4.69, 9.17) is 5.73 Å². The Morgan fingerprint density at radius 1 is 1.11 bits per heavy atom. The summed E-state index contributed by atoms with van der Waals surface area (Å²) in [6.07, 6.45) is 2.75. The van der Waals surface area contributed by atoms with Crippen molar-refractivity contribution in [2.75, 3.05) is 11.9 Å². The fraction of sp³-hybridized carbons (Fsp3) is 0.381. The van der Waals surface area contributed by atoms with Gasteiger partial charge < -0.3 is 16.4 Å². The molecule has 0 saturated carbocycles. The van der Waals surface area contributed by atoms with Gasteiger partial charge in [0.25, 0.3) is 5.91 Å². The predicted molar refractivity (Wildman–Crippen MR) is 113 cm³/mol. The van der Waals surface area contributed by atoms with Crippen LogP contribution in [0, 0.1) is 0 Å². The van der Waals surface area contributed by atoms with Gasteiger partial charge >= 0.3 is 0 Å². The number of benzene rings is 1. The standard InChI is InChI=1S/C21H27N3O3S/c1-14(16-9-5-3-6-10-16)18-13-17(20(22)27)21(28-18)24-19(26)11-7-4-8-12-23-15(2)25/h3,5-6,9-10,13-14H,4,7-8,11-12H2,1-2H3,(H2,22,27)(H,23,25)(H,24,26). The monoisotopic (exact) mass is 401 g/mol. The Morgan fingerprint density at radius 2 is 1.82 bits per heavy atom. The van der Waals surface area contributed by atoms with Crippen molar-refractivity contribution in [2.24, 2.45) is 5.73 Å². The minimum absolute atomic E-state index is 0.0463. The van der Waals surface area contributed by atoms with E-state index in [0.717, 1.165) is 29.7 Å². The van der Waals surface area contributed by atoms with Gasteiger partial charge in [0.1, 0.15) is 5.00 Å². The van der Waals surface area contributed by atoms with Crippen molar-refractivity contribution in [2.45, 2.75) is 45.4 Å². The van der Waals surface area contributed by atoms with Crippen molar-refractivity contribution in [1.29, 1.82) is 0 Å². The molecule has 1 aromatic heterocycles. The normalized spacial score (nSPS) is 11.6. The largest absolute Gasteiger partial charge is 0.366 e. The van der Waals surface area contributed by atoms with Crippen molar-refractivity contribution in [1.82, 2.24) is 5.32 Å². The maximum absolute atomic E-state index is 12.3. The van der Waals surface area contributed by atoms with Crippen LogP contribution in [-0.2, 0) is 9.59 Å². The van der Waals surface area contributed by atoms with Crippen LogP contribution in [0.25, 0.3) is 0 Å². The van der Waals surface area contributed by atoms with Crippen molar-refractivity contribution in [3.63, 3.8) is 0 Å². The Balaban J connectivity index is 1.95. The summed E-state index contributed by atoms with van der Waals surface area (Å²) >= 11 is 1.39. The molecule has 150 valence electrons. The van der Waals surface area contributed by atoms with Crippen molar-refractivity contribution >= 4 is 34.1 Å². The molecule has 0 aliphatic heterocycles. The lowest BCUT2D eigenvalue weighted by Gasteiger charge is -2.09. The third-order valence-electron chi connectivity index (χ3n) is 4.45. The molecule has 3 amide bonds. The average Bonchev–Trinajstić information content (AvgIpc) is 3.08. The molecule has 2 rings (SSSR count). The van der Waals surface area contributed by atoms with E-state index in [1.807, 2.05) is 30.3 Å². The molecule has 1 unspecified atom stereocenters. The van der Waals surface area contributed by atoms with E-state index in [-0.39, 0.29) is 17.7 Å². The highest BCUT2D eigenvalue weighted by Crippen LogP contribution is 2.36. The molecule has 4 N–H and O–H groups in total. The van der Waals surface area contributed by atoms with Gasteiger partial charge in [-0.3, -0.25) is 14.4 Å². The first kappa shape index (κ1) is 21.6. The van der Waals surface area contributed by atoms with E-state index in [9.17, 15) is 14.4 Å². The van der Waals surface area contributed by atoms with Gasteiger partial charge in [0.15, 0.2) is 0 Å². The summed E-state index contributed by atoms with van der Waals surface area (Å²) in [6.45, 7) is 4.17. The number of hydrogen-bond acceptors (Lipinski definition) is 4. The minimum Gasteiger partial charge on any atom is -0.366 e. The number of thiophene rings is 1. The van der Waals surface area contributed by atoms with Crippen LogP contribution in [0.2, 0.25) is 0 Å². The number of carbonyl (C=O) groups is 3. The molecule has 0 fully saturated rings. The third kappa shape index (κ3) is 6.49. The lowest BCUT2D eigenvalue weighted by Crippen LogP contribution is -2.20. The highest BCUT2D eigenvalue weighted by Gasteiger charge is 2.19. The zero-order valence-electron chi connectivity index (χ0n) is 16.3. The molecule has 0 aliphatic carbocycles. The number of hydrogen-bond donors (Lipinski definition) is 3. The Morgan fingerprint density at radius 3 is 2.46 bits per heavy atom. The van der Waals surface area contributed by atoms with Gasteiger partial charge in [-0.15, -0.1) is 11.3 Å². The summed E-state index contributed by atoms with van der Waals surface area (Å²) in [6, 6.07) is 11.8. The van der Waals surface area contributed by atoms with Crippen molar-refractivity contribution in [3.8, 4) is 0 Å². The first-order valence-corrected chi connectivity index (χ1v) is 10.2. The molecule has 6 nitrogen and oxygen atoms in total. The number of anilines is 1. The SMILES string of the molecule is CC(=O)NCCCCCC(=O)Nc1sc(C(C)c2ccccc2)cc1C(N)=O. The van der Waals surface area contributed by atoms with E-state index >= 15 is 0 Å². The molecular weight excluding hydrogens is 374 g/mol. The zero-order chi connectivity index (χ0) is 20.5. The smallest absolute Gasteiger partial charge is 0.251 e. The van der Waals surface area contributed by atoms with Crippen LogP contribution >= 0.6 is 11.3 Å². The molecule has 0 spiro atoms. The summed E-state index contributed by atoms with van der Waals surface area (Å²) < 4.78 is 0. The van der Waals surface area contributed by atoms with Crippen LogP contribution in [0.4, 0.5) is 5.00 Å². The van der Waals surface area contributed by atoms with E-state index in [1.165, 1.54) is 18.3 Å². The lowest BCUT2D eigenvalue weighted by atomic mass is 9.99. The van der Waals surface area contributed by atoms with Gasteiger partial charge in [-0.2, -0.15) is 0 Å². The van der Waals surface area contributed by atoms with Crippen molar-refractivity contribution in [3.05, 3.63) is 52.4 Å². The quantitative estimate of drug-likeness (QED) is 0.530. The Kier molecular flexibility index (Phi) is 8.19. The van der Waals surface area contributed by atoms with Crippen LogP contribution in [0.15, 0.2) is 36.4 Å². The first-order chi connectivity index (χ1) is 13.4. The van der Waals surface area contributed by atoms with Gasteiger partial charge in [-0.05, 0) is 24.5 Å². The Hall–Kier alpha value is -2.67. The first-order valence-electron chi connectivity index (χ1n) is 9.41. The second kappa shape index (κ2) is 10.6. The molecule has 0 saturated heterocycles. The second-order valence-electron chi connectivity index (χ2n) is 6.73. The van der Waals surface area contributed by atoms with Crippen LogP contribution in [-0.4, -0.2) is 24.3 Å². The van der Waals surface area contributed by atoms with Crippen LogP contribution < -0.4 is 16.4 Å². The zero-order valence-corrected chi connectivity index (χ0v) is 17.1. The molecule has 0 radical (unpaired) electrons. The molecule has 2 aromatic rings. The molecule has 0 bridgehead atoms. The summed E-state index contributed by atoms with van der Waals surface area (Å²) in [5.74, 6) is -0.630. The topological polar surface area (TPSA) is 101 Å². The Bertz CT molecular complexity index is 818. The molecule has 1 heterocycles. The lowest BCUT2D eigenvalue weighted by molar-refractivity contribution is -0.119. The molecule has 7 heteroatoms. The van der Waals surface area contributed by atoms with Gasteiger partial charge in [0.05, 0.1) is 5.56 Å². The van der Waals surface area contributed by atoms with Gasteiger partial charge in [-0.1, -0.05) is 43.7 Å². The maximum Gasteiger partial charge on any atom is 0.251 e. The number of amides is 3. The highest BCUT2D eigenvalue weighted by atomic mass is 32.1. The number of nitrogens with one attached hydrogen (secondary N) is 2. The van der Waals surface area contributed by atoms with Crippen LogP contribution in [0.5, 0.6) is 0 Å². The number of carbonyl (C=O) groups excluding carboxylic acids is 3. The Labute approximate surface area is 169 Å². The molecule has 1 atom stereocenters. The summed E-state index contributed by atoms with van der Waals surface area (Å²) in [7, 11) is 0. The van der Waals surface area contributed by atoms with Gasteiger partial charge in [-0.25, -0.2) is 0 Å². The fourth-order valence-electron chi connectivity index (χ4n) is 2.85. The highest BCUT2D eigenvalue weighted by molar-refractivity contribution is 7.16. The van der Waals surface area contributed by atoms with E-state index in [1.54, 1.807) is 6.07 Å². The van der Waals surface area contributed by atoms with Gasteiger partial charge in [0, 0.05) is 30.7 Å². The average molecular weight is 402 g/mol. The van der Waals surface area contributed by atoms with E-state index in [0.29, 0.717) is 23.5 Å². The molecule has 28 heavy (non-hydrogen) atoms. The van der Waals surface area contributed by atoms with Crippen molar-refractivity contribution < 1.29 is 14.4 Å². The maximum atomic E-state index is 12.3. The van der Waals surface area contributed by atoms with Gasteiger partial charge in [0.2, 0.25) is 11.8 Å². The summed E-state index contributed by atoms with van der Waals surface area (Å²) in [4.78, 5) is 35.8. The summed E-state index contributed by atoms with van der Waals surface area (Å²) in [5.41, 5.74) is 6.99. The third-order valence-corrected chi connectivity index (χ3v) is 5.68.